The fourth-order valence-corrected chi connectivity index (χ4v) is 2.94. The summed E-state index contributed by atoms with van der Waals surface area (Å²) >= 11 is 0. The van der Waals surface area contributed by atoms with E-state index in [2.05, 4.69) is 4.74 Å². The van der Waals surface area contributed by atoms with Crippen LogP contribution in [0, 0.1) is 0 Å². The maximum Gasteiger partial charge on any atom is 0.309 e. The summed E-state index contributed by atoms with van der Waals surface area (Å²) in [5, 5.41) is 0. The number of ketones is 1. The molecule has 0 N–H and O–H groups in total. The Morgan fingerprint density at radius 1 is 1.04 bits per heavy atom. The lowest BCUT2D eigenvalue weighted by atomic mass is 10.1. The van der Waals surface area contributed by atoms with Gasteiger partial charge in [-0.2, -0.15) is 0 Å². The number of hydrogen-bond donors (Lipinski definition) is 0. The molecule has 0 aliphatic heterocycles. The Kier molecular flexibility index (Phi) is 6.57. The molecular formula is C17H24O5Si. The zero-order valence-corrected chi connectivity index (χ0v) is 15.6. The van der Waals surface area contributed by atoms with Crippen molar-refractivity contribution < 1.29 is 23.5 Å². The van der Waals surface area contributed by atoms with E-state index in [1.807, 2.05) is 19.6 Å². The minimum absolute atomic E-state index is 0.195. The molecule has 0 radical (unpaired) electrons. The molecule has 0 heterocycles. The number of allylic oxidation sites excluding steroid dienone is 2. The lowest BCUT2D eigenvalue weighted by molar-refractivity contribution is -0.139. The first kappa shape index (κ1) is 19.0. The van der Waals surface area contributed by atoms with Gasteiger partial charge in [0.1, 0.15) is 11.5 Å². The number of rotatable bonds is 7. The number of carbonyl (C=O) groups is 2. The van der Waals surface area contributed by atoms with Gasteiger partial charge in [0.2, 0.25) is 14.1 Å². The lowest BCUT2D eigenvalue weighted by Gasteiger charge is -2.21. The summed E-state index contributed by atoms with van der Waals surface area (Å²) in [6.45, 7) is 9.29. The highest BCUT2D eigenvalue weighted by atomic mass is 28.4. The molecule has 0 spiro atoms. The van der Waals surface area contributed by atoms with Crippen molar-refractivity contribution >= 4 is 20.1 Å². The normalized spacial score (nSPS) is 12.3. The Hall–Kier alpha value is -2.08. The maximum absolute atomic E-state index is 11.8. The van der Waals surface area contributed by atoms with Crippen LogP contribution in [0.3, 0.4) is 0 Å². The van der Waals surface area contributed by atoms with Crippen LogP contribution in [0.15, 0.2) is 35.8 Å². The standard InChI is InChI=1S/C17H24O5Si/c1-12(18)17(13(2)22-23(4,5)6)21-15-9-7-14(8-10-15)11-16(19)20-3/h7-10H,11H2,1-6H3/b17-13+. The van der Waals surface area contributed by atoms with Crippen LogP contribution in [0.2, 0.25) is 19.6 Å². The van der Waals surface area contributed by atoms with Crippen LogP contribution in [-0.4, -0.2) is 27.2 Å². The van der Waals surface area contributed by atoms with Crippen molar-refractivity contribution in [3.63, 3.8) is 0 Å². The Labute approximate surface area is 138 Å². The third-order valence-corrected chi connectivity index (χ3v) is 3.74. The van der Waals surface area contributed by atoms with Crippen LogP contribution in [0.5, 0.6) is 5.75 Å². The molecule has 1 rings (SSSR count). The largest absolute Gasteiger partial charge is 0.545 e. The Balaban J connectivity index is 2.91. The topological polar surface area (TPSA) is 61.8 Å². The van der Waals surface area contributed by atoms with Gasteiger partial charge in [-0.3, -0.25) is 9.59 Å². The third-order valence-electron chi connectivity index (χ3n) is 2.82. The molecule has 0 aliphatic carbocycles. The molecule has 6 heteroatoms. The van der Waals surface area contributed by atoms with Crippen LogP contribution in [0.4, 0.5) is 0 Å². The third kappa shape index (κ3) is 6.69. The molecule has 126 valence electrons. The summed E-state index contributed by atoms with van der Waals surface area (Å²) < 4.78 is 16.1. The molecule has 0 aromatic heterocycles. The number of esters is 1. The summed E-state index contributed by atoms with van der Waals surface area (Å²) in [6, 6.07) is 6.95. The van der Waals surface area contributed by atoms with Crippen molar-refractivity contribution in [1.29, 1.82) is 0 Å². The minimum atomic E-state index is -1.82. The van der Waals surface area contributed by atoms with Gasteiger partial charge in [0.25, 0.3) is 0 Å². The van der Waals surface area contributed by atoms with Crippen molar-refractivity contribution in [3.8, 4) is 5.75 Å². The summed E-state index contributed by atoms with van der Waals surface area (Å²) in [5.74, 6) is 0.715. The van der Waals surface area contributed by atoms with Crippen LogP contribution in [-0.2, 0) is 25.2 Å². The molecule has 1 aromatic rings. The highest BCUT2D eigenvalue weighted by Gasteiger charge is 2.21. The highest BCUT2D eigenvalue weighted by Crippen LogP contribution is 2.20. The second-order valence-electron chi connectivity index (χ2n) is 6.15. The average Bonchev–Trinajstić information content (AvgIpc) is 2.43. The van der Waals surface area contributed by atoms with E-state index in [1.54, 1.807) is 31.2 Å². The van der Waals surface area contributed by atoms with E-state index in [-0.39, 0.29) is 23.9 Å². The van der Waals surface area contributed by atoms with Gasteiger partial charge in [-0.05, 0) is 44.3 Å². The number of hydrogen-bond acceptors (Lipinski definition) is 5. The summed E-state index contributed by atoms with van der Waals surface area (Å²) in [5.41, 5.74) is 0.813. The first-order chi connectivity index (χ1) is 10.6. The van der Waals surface area contributed by atoms with Crippen molar-refractivity contribution in [2.24, 2.45) is 0 Å². The Morgan fingerprint density at radius 2 is 1.61 bits per heavy atom. The molecule has 0 saturated heterocycles. The monoisotopic (exact) mass is 336 g/mol. The van der Waals surface area contributed by atoms with Crippen LogP contribution < -0.4 is 4.74 Å². The quantitative estimate of drug-likeness (QED) is 0.330. The van der Waals surface area contributed by atoms with Crippen LogP contribution >= 0.6 is 0 Å². The second kappa shape index (κ2) is 7.96. The van der Waals surface area contributed by atoms with Crippen LogP contribution in [0.25, 0.3) is 0 Å². The maximum atomic E-state index is 11.8. The fourth-order valence-electron chi connectivity index (χ4n) is 1.93. The lowest BCUT2D eigenvalue weighted by Crippen LogP contribution is -2.26. The number of methoxy groups -OCH3 is 1. The minimum Gasteiger partial charge on any atom is -0.545 e. The Bertz CT molecular complexity index is 596. The smallest absolute Gasteiger partial charge is 0.309 e. The molecule has 0 atom stereocenters. The van der Waals surface area contributed by atoms with Gasteiger partial charge < -0.3 is 13.9 Å². The molecule has 0 saturated carbocycles. The zero-order chi connectivity index (χ0) is 17.6. The van der Waals surface area contributed by atoms with E-state index in [9.17, 15) is 9.59 Å². The molecule has 1 aromatic carbocycles. The van der Waals surface area contributed by atoms with Crippen molar-refractivity contribution in [3.05, 3.63) is 41.3 Å². The van der Waals surface area contributed by atoms with Gasteiger partial charge in [0.05, 0.1) is 13.5 Å². The summed E-state index contributed by atoms with van der Waals surface area (Å²) in [6.07, 6.45) is 0.198. The molecule has 5 nitrogen and oxygen atoms in total. The summed E-state index contributed by atoms with van der Waals surface area (Å²) in [4.78, 5) is 23.1. The number of carbonyl (C=O) groups excluding carboxylic acids is 2. The van der Waals surface area contributed by atoms with E-state index in [0.29, 0.717) is 11.5 Å². The van der Waals surface area contributed by atoms with E-state index in [4.69, 9.17) is 9.16 Å². The average molecular weight is 336 g/mol. The first-order valence-electron chi connectivity index (χ1n) is 7.37. The molecule has 23 heavy (non-hydrogen) atoms. The second-order valence-corrected chi connectivity index (χ2v) is 10.6. The van der Waals surface area contributed by atoms with Crippen molar-refractivity contribution in [1.82, 2.24) is 0 Å². The Morgan fingerprint density at radius 3 is 2.04 bits per heavy atom. The van der Waals surface area contributed by atoms with Crippen molar-refractivity contribution in [2.75, 3.05) is 7.11 Å². The van der Waals surface area contributed by atoms with E-state index < -0.39 is 8.32 Å². The van der Waals surface area contributed by atoms with Gasteiger partial charge in [-0.25, -0.2) is 0 Å². The van der Waals surface area contributed by atoms with E-state index in [1.165, 1.54) is 14.0 Å². The van der Waals surface area contributed by atoms with E-state index >= 15 is 0 Å². The van der Waals surface area contributed by atoms with Gasteiger partial charge in [-0.1, -0.05) is 12.1 Å². The number of ether oxygens (including phenoxy) is 2. The van der Waals surface area contributed by atoms with E-state index in [0.717, 1.165) is 5.56 Å². The molecule has 0 aliphatic rings. The van der Waals surface area contributed by atoms with Crippen molar-refractivity contribution in [2.45, 2.75) is 39.9 Å². The van der Waals surface area contributed by atoms with Gasteiger partial charge >= 0.3 is 5.97 Å². The van der Waals surface area contributed by atoms with Gasteiger partial charge in [0, 0.05) is 6.92 Å². The molecule has 0 unspecified atom stereocenters. The summed E-state index contributed by atoms with van der Waals surface area (Å²) in [7, 11) is -0.467. The van der Waals surface area contributed by atoms with Gasteiger partial charge in [-0.15, -0.1) is 0 Å². The first-order valence-corrected chi connectivity index (χ1v) is 10.8. The molecule has 0 bridgehead atoms. The highest BCUT2D eigenvalue weighted by molar-refractivity contribution is 6.70. The molecular weight excluding hydrogens is 312 g/mol. The van der Waals surface area contributed by atoms with Crippen LogP contribution in [0.1, 0.15) is 19.4 Å². The predicted octanol–water partition coefficient (Wildman–Crippen LogP) is 3.45. The van der Waals surface area contributed by atoms with Gasteiger partial charge in [0.15, 0.2) is 5.78 Å². The number of benzene rings is 1. The fraction of sp³-hybridized carbons (Fsp3) is 0.412. The SMILES string of the molecule is COC(=O)Cc1ccc(O/C(C(C)=O)=C(\C)O[Si](C)(C)C)cc1. The predicted molar refractivity (Wildman–Crippen MR) is 90.6 cm³/mol. The zero-order valence-electron chi connectivity index (χ0n) is 14.6. The molecule has 0 fully saturated rings. The number of Topliss-reactive ketones (excluding diaryl/α,β-unsaturated/α-hetero) is 1. The molecule has 0 amide bonds.